The molecule has 1 aliphatic heterocycles. The molecule has 2 aromatic rings. The van der Waals surface area contributed by atoms with Gasteiger partial charge in [-0.25, -0.2) is 0 Å². The molecular formula is C20H22ClN3O4S. The lowest BCUT2D eigenvalue weighted by Gasteiger charge is -2.23. The number of rotatable bonds is 6. The molecule has 1 aromatic carbocycles. The molecule has 1 aromatic heterocycles. The number of aromatic nitrogens is 2. The third-order valence-corrected chi connectivity index (χ3v) is 6.99. The van der Waals surface area contributed by atoms with Gasteiger partial charge in [0.2, 0.25) is 5.91 Å². The summed E-state index contributed by atoms with van der Waals surface area (Å²) in [5.74, 6) is -1.08. The molecule has 0 unspecified atom stereocenters. The predicted molar refractivity (Wildman–Crippen MR) is 111 cm³/mol. The standard InChI is InChI=1S/C20H22ClN3O4S/c1-4-19(13(2)3)29(27,28)24-10-14-9-23(11-18(14)22-24)20(26)16(12-25)15-7-5-6-8-17(15)21/h4-8,10,16,25H,1,9,11-12H2,2-3H3/t16-/m1/s1. The van der Waals surface area contributed by atoms with E-state index in [0.717, 1.165) is 4.09 Å². The van der Waals surface area contributed by atoms with E-state index < -0.39 is 15.9 Å². The zero-order valence-electron chi connectivity index (χ0n) is 16.2. The Balaban J connectivity index is 1.84. The van der Waals surface area contributed by atoms with Crippen molar-refractivity contribution in [3.8, 4) is 0 Å². The van der Waals surface area contributed by atoms with Gasteiger partial charge in [-0.05, 0) is 31.6 Å². The number of hydrogen-bond donors (Lipinski definition) is 1. The average Bonchev–Trinajstić information content (AvgIpc) is 3.23. The van der Waals surface area contributed by atoms with Gasteiger partial charge in [0.05, 0.1) is 29.7 Å². The maximum absolute atomic E-state index is 13.0. The minimum atomic E-state index is -3.83. The summed E-state index contributed by atoms with van der Waals surface area (Å²) in [4.78, 5) is 14.6. The van der Waals surface area contributed by atoms with E-state index in [2.05, 4.69) is 11.7 Å². The van der Waals surface area contributed by atoms with Gasteiger partial charge in [0.15, 0.2) is 0 Å². The third kappa shape index (κ3) is 3.88. The van der Waals surface area contributed by atoms with Gasteiger partial charge in [0.1, 0.15) is 0 Å². The summed E-state index contributed by atoms with van der Waals surface area (Å²) >= 11 is 6.18. The van der Waals surface area contributed by atoms with Gasteiger partial charge in [-0.2, -0.15) is 17.6 Å². The van der Waals surface area contributed by atoms with Crippen LogP contribution in [0.3, 0.4) is 0 Å². The summed E-state index contributed by atoms with van der Waals surface area (Å²) in [5.41, 5.74) is 2.32. The molecule has 0 spiro atoms. The van der Waals surface area contributed by atoms with Crippen LogP contribution in [-0.2, 0) is 27.9 Å². The van der Waals surface area contributed by atoms with E-state index in [4.69, 9.17) is 11.6 Å². The van der Waals surface area contributed by atoms with Crippen LogP contribution >= 0.6 is 11.6 Å². The average molecular weight is 436 g/mol. The normalized spacial score (nSPS) is 14.4. The second-order valence-corrected chi connectivity index (χ2v) is 9.17. The molecule has 2 heterocycles. The fourth-order valence-electron chi connectivity index (χ4n) is 3.36. The number of aliphatic hydroxyl groups is 1. The van der Waals surface area contributed by atoms with Crippen LogP contribution in [0.2, 0.25) is 5.02 Å². The SMILES string of the molecule is C=CC(=C(C)C)S(=O)(=O)n1cc2c(n1)CN(C(=O)[C@H](CO)c1ccccc1Cl)C2. The molecule has 154 valence electrons. The molecule has 0 saturated heterocycles. The van der Waals surface area contributed by atoms with Crippen LogP contribution < -0.4 is 0 Å². The van der Waals surface area contributed by atoms with Crippen LogP contribution in [0.4, 0.5) is 0 Å². The molecule has 1 aliphatic rings. The minimum absolute atomic E-state index is 0.102. The van der Waals surface area contributed by atoms with E-state index in [0.29, 0.717) is 27.4 Å². The van der Waals surface area contributed by atoms with Crippen LogP contribution in [0.5, 0.6) is 0 Å². The number of benzene rings is 1. The smallest absolute Gasteiger partial charge is 0.282 e. The van der Waals surface area contributed by atoms with Crippen molar-refractivity contribution >= 4 is 27.5 Å². The summed E-state index contributed by atoms with van der Waals surface area (Å²) in [5, 5.41) is 14.4. The maximum atomic E-state index is 13.0. The van der Waals surface area contributed by atoms with Gasteiger partial charge < -0.3 is 10.0 Å². The van der Waals surface area contributed by atoms with Gasteiger partial charge in [-0.3, -0.25) is 4.79 Å². The molecule has 7 nitrogen and oxygen atoms in total. The van der Waals surface area contributed by atoms with Crippen molar-refractivity contribution in [1.82, 2.24) is 14.1 Å². The summed E-state index contributed by atoms with van der Waals surface area (Å²) in [7, 11) is -3.83. The van der Waals surface area contributed by atoms with Crippen molar-refractivity contribution in [2.24, 2.45) is 0 Å². The van der Waals surface area contributed by atoms with Crippen molar-refractivity contribution in [3.05, 3.63) is 75.4 Å². The Morgan fingerprint density at radius 3 is 2.59 bits per heavy atom. The van der Waals surface area contributed by atoms with E-state index in [1.807, 2.05) is 0 Å². The monoisotopic (exact) mass is 435 g/mol. The Labute approximate surface area is 175 Å². The number of aliphatic hydroxyl groups excluding tert-OH is 1. The first kappa shape index (κ1) is 21.3. The van der Waals surface area contributed by atoms with Crippen LogP contribution in [0.15, 0.2) is 53.6 Å². The lowest BCUT2D eigenvalue weighted by atomic mass is 9.98. The Morgan fingerprint density at radius 2 is 2.03 bits per heavy atom. The quantitative estimate of drug-likeness (QED) is 0.704. The number of halogens is 1. The molecule has 1 amide bonds. The van der Waals surface area contributed by atoms with Crippen LogP contribution in [-0.4, -0.2) is 40.1 Å². The minimum Gasteiger partial charge on any atom is -0.395 e. The van der Waals surface area contributed by atoms with Crippen LogP contribution in [0.25, 0.3) is 0 Å². The maximum Gasteiger partial charge on any atom is 0.282 e. The lowest BCUT2D eigenvalue weighted by molar-refractivity contribution is -0.134. The van der Waals surface area contributed by atoms with Crippen molar-refractivity contribution in [3.63, 3.8) is 0 Å². The topological polar surface area (TPSA) is 92.5 Å². The largest absolute Gasteiger partial charge is 0.395 e. The van der Waals surface area contributed by atoms with E-state index >= 15 is 0 Å². The molecule has 0 radical (unpaired) electrons. The van der Waals surface area contributed by atoms with Gasteiger partial charge in [-0.15, -0.1) is 0 Å². The fourth-order valence-corrected chi connectivity index (χ4v) is 5.03. The van der Waals surface area contributed by atoms with E-state index in [1.54, 1.807) is 38.1 Å². The molecule has 29 heavy (non-hydrogen) atoms. The second kappa shape index (κ2) is 8.14. The molecule has 1 atom stereocenters. The van der Waals surface area contributed by atoms with E-state index in [1.165, 1.54) is 17.2 Å². The second-order valence-electron chi connectivity index (χ2n) is 7.00. The zero-order chi connectivity index (χ0) is 21.3. The highest BCUT2D eigenvalue weighted by molar-refractivity contribution is 7.93. The summed E-state index contributed by atoms with van der Waals surface area (Å²) in [6.07, 6.45) is 2.72. The van der Waals surface area contributed by atoms with Gasteiger partial charge >= 0.3 is 0 Å². The molecule has 3 rings (SSSR count). The number of nitrogens with zero attached hydrogens (tertiary/aromatic N) is 3. The third-order valence-electron chi connectivity index (χ3n) is 4.83. The van der Waals surface area contributed by atoms with E-state index in [9.17, 15) is 18.3 Å². The molecule has 0 aliphatic carbocycles. The molecular weight excluding hydrogens is 414 g/mol. The Morgan fingerprint density at radius 1 is 1.34 bits per heavy atom. The Bertz CT molecular complexity index is 1080. The van der Waals surface area contributed by atoms with Gasteiger partial charge in [-0.1, -0.05) is 42.0 Å². The molecule has 0 bridgehead atoms. The first-order valence-electron chi connectivity index (χ1n) is 8.97. The van der Waals surface area contributed by atoms with Crippen molar-refractivity contribution in [2.75, 3.05) is 6.61 Å². The van der Waals surface area contributed by atoms with E-state index in [-0.39, 0.29) is 30.5 Å². The van der Waals surface area contributed by atoms with Gasteiger partial charge in [0.25, 0.3) is 10.0 Å². The number of carbonyl (C=O) groups is 1. The Hall–Kier alpha value is -2.42. The fraction of sp³-hybridized carbons (Fsp3) is 0.300. The van der Waals surface area contributed by atoms with Crippen LogP contribution in [0, 0.1) is 0 Å². The molecule has 0 saturated carbocycles. The Kier molecular flexibility index (Phi) is 5.97. The number of allylic oxidation sites excluding steroid dienone is 2. The van der Waals surface area contributed by atoms with Crippen LogP contribution in [0.1, 0.15) is 36.6 Å². The molecule has 9 heteroatoms. The van der Waals surface area contributed by atoms with Gasteiger partial charge in [0, 0.05) is 23.3 Å². The zero-order valence-corrected chi connectivity index (χ0v) is 17.7. The molecule has 1 N–H and O–H groups in total. The number of hydrogen-bond acceptors (Lipinski definition) is 5. The van der Waals surface area contributed by atoms with Crippen molar-refractivity contribution in [2.45, 2.75) is 32.9 Å². The molecule has 0 fully saturated rings. The predicted octanol–water partition coefficient (Wildman–Crippen LogP) is 2.81. The highest BCUT2D eigenvalue weighted by atomic mass is 35.5. The first-order chi connectivity index (χ1) is 13.7. The van der Waals surface area contributed by atoms with Crippen molar-refractivity contribution < 1.29 is 18.3 Å². The summed E-state index contributed by atoms with van der Waals surface area (Å²) < 4.78 is 26.4. The van der Waals surface area contributed by atoms with Crippen molar-refractivity contribution in [1.29, 1.82) is 0 Å². The highest BCUT2D eigenvalue weighted by Crippen LogP contribution is 2.30. The first-order valence-corrected chi connectivity index (χ1v) is 10.8. The number of carbonyl (C=O) groups excluding carboxylic acids is 1. The number of fused-ring (bicyclic) bond motifs is 1. The summed E-state index contributed by atoms with van der Waals surface area (Å²) in [6.45, 7) is 6.95. The number of amides is 1. The lowest BCUT2D eigenvalue weighted by Crippen LogP contribution is -2.33. The highest BCUT2D eigenvalue weighted by Gasteiger charge is 2.34. The summed E-state index contributed by atoms with van der Waals surface area (Å²) in [6, 6.07) is 6.88.